The zero-order valence-corrected chi connectivity index (χ0v) is 22.9. The van der Waals surface area contributed by atoms with Crippen molar-refractivity contribution in [1.29, 1.82) is 0 Å². The first-order valence-electron chi connectivity index (χ1n) is 12.9. The molecule has 14 heteroatoms. The van der Waals surface area contributed by atoms with E-state index in [1.165, 1.54) is 6.92 Å². The van der Waals surface area contributed by atoms with E-state index in [0.29, 0.717) is 24.3 Å². The Morgan fingerprint density at radius 1 is 0.850 bits per heavy atom. The van der Waals surface area contributed by atoms with Gasteiger partial charge in [-0.15, -0.1) is 0 Å². The number of nitrogens with two attached hydrogens (primary N) is 5. The number of rotatable bonds is 15. The van der Waals surface area contributed by atoms with Crippen LogP contribution in [0.1, 0.15) is 32.6 Å². The van der Waals surface area contributed by atoms with E-state index < -0.39 is 35.8 Å². The van der Waals surface area contributed by atoms with Gasteiger partial charge >= 0.3 is 0 Å². The number of amides is 3. The first kappa shape index (κ1) is 31.6. The topological polar surface area (TPSA) is 251 Å². The van der Waals surface area contributed by atoms with Crippen molar-refractivity contribution < 1.29 is 19.1 Å². The van der Waals surface area contributed by atoms with Gasteiger partial charge in [0, 0.05) is 30.2 Å². The van der Waals surface area contributed by atoms with Crippen molar-refractivity contribution in [3.63, 3.8) is 0 Å². The summed E-state index contributed by atoms with van der Waals surface area (Å²) < 4.78 is 5.49. The number of fused-ring (bicyclic) bond motifs is 1. The molecule has 0 spiro atoms. The number of aliphatic imine (C=N–C) groups is 2. The fraction of sp³-hybridized carbons (Fsp3) is 0.423. The Labute approximate surface area is 233 Å². The molecule has 2 aromatic carbocycles. The smallest absolute Gasteiger partial charge is 0.246 e. The van der Waals surface area contributed by atoms with E-state index in [9.17, 15) is 14.4 Å². The molecule has 3 atom stereocenters. The molecule has 3 amide bonds. The number of nitrogens with zero attached hydrogens (tertiary/aromatic N) is 2. The Hall–Kier alpha value is -4.59. The molecule has 0 radical (unpaired) electrons. The number of carbonyl (C=O) groups is 3. The minimum absolute atomic E-state index is 0.0762. The maximum atomic E-state index is 13.4. The summed E-state index contributed by atoms with van der Waals surface area (Å²) in [5, 5.41) is 9.98. The van der Waals surface area contributed by atoms with Gasteiger partial charge in [-0.2, -0.15) is 0 Å². The van der Waals surface area contributed by atoms with Crippen LogP contribution in [-0.4, -0.2) is 68.0 Å². The van der Waals surface area contributed by atoms with E-state index in [-0.39, 0.29) is 37.9 Å². The molecule has 14 nitrogen and oxygen atoms in total. The number of hydrogen-bond donors (Lipinski definition) is 8. The minimum Gasteiger partial charge on any atom is -0.496 e. The van der Waals surface area contributed by atoms with Crippen molar-refractivity contribution in [2.75, 3.05) is 25.5 Å². The summed E-state index contributed by atoms with van der Waals surface area (Å²) in [5.41, 5.74) is 27.7. The summed E-state index contributed by atoms with van der Waals surface area (Å²) in [5.74, 6) is -1.11. The summed E-state index contributed by atoms with van der Waals surface area (Å²) in [6, 6.07) is 8.32. The molecule has 0 fully saturated rings. The molecular formula is C26H40N10O4. The third-order valence-corrected chi connectivity index (χ3v) is 5.88. The van der Waals surface area contributed by atoms with Crippen LogP contribution in [0.25, 0.3) is 10.8 Å². The van der Waals surface area contributed by atoms with Crippen LogP contribution in [0.4, 0.5) is 5.69 Å². The Morgan fingerprint density at radius 3 is 1.95 bits per heavy atom. The quantitative estimate of drug-likeness (QED) is 0.0776. The van der Waals surface area contributed by atoms with Crippen LogP contribution in [0.2, 0.25) is 0 Å². The number of benzene rings is 2. The lowest BCUT2D eigenvalue weighted by Crippen LogP contribution is -2.54. The largest absolute Gasteiger partial charge is 0.496 e. The standard InChI is InChI=1S/C26H40N10O4/c1-15(27)22(37)35-20(10-6-12-33-26(30)31)24(39)36-19(9-5-11-32-25(28)29)23(38)34-17-13-16-7-3-4-8-18(16)21(14-17)40-2/h3-4,7-8,13-15,19-20H,5-6,9-12,27H2,1-2H3,(H,34,38)(H,35,37)(H,36,39)(H4,28,29,32)(H4,30,31,33)/t15-,19-,20-/m0/s1. The molecule has 13 N–H and O–H groups in total. The average molecular weight is 557 g/mol. The number of carbonyl (C=O) groups excluding carboxylic acids is 3. The normalized spacial score (nSPS) is 12.9. The van der Waals surface area contributed by atoms with Crippen molar-refractivity contribution >= 4 is 46.1 Å². The van der Waals surface area contributed by atoms with Crippen LogP contribution in [0.3, 0.4) is 0 Å². The van der Waals surface area contributed by atoms with Gasteiger partial charge in [-0.05, 0) is 44.1 Å². The fourth-order valence-corrected chi connectivity index (χ4v) is 3.87. The van der Waals surface area contributed by atoms with E-state index in [0.717, 1.165) is 10.8 Å². The highest BCUT2D eigenvalue weighted by Gasteiger charge is 2.27. The Morgan fingerprint density at radius 2 is 1.40 bits per heavy atom. The van der Waals surface area contributed by atoms with Gasteiger partial charge in [0.1, 0.15) is 17.8 Å². The molecular weight excluding hydrogens is 516 g/mol. The van der Waals surface area contributed by atoms with Gasteiger partial charge in [-0.25, -0.2) is 0 Å². The van der Waals surface area contributed by atoms with Crippen LogP contribution in [-0.2, 0) is 14.4 Å². The third-order valence-electron chi connectivity index (χ3n) is 5.88. The molecule has 0 saturated heterocycles. The van der Waals surface area contributed by atoms with Crippen molar-refractivity contribution in [2.45, 2.75) is 50.7 Å². The molecule has 2 aromatic rings. The van der Waals surface area contributed by atoms with E-state index >= 15 is 0 Å². The van der Waals surface area contributed by atoms with E-state index in [2.05, 4.69) is 25.9 Å². The lowest BCUT2D eigenvalue weighted by molar-refractivity contribution is -0.131. The zero-order valence-electron chi connectivity index (χ0n) is 22.9. The highest BCUT2D eigenvalue weighted by molar-refractivity contribution is 6.01. The zero-order chi connectivity index (χ0) is 29.7. The summed E-state index contributed by atoms with van der Waals surface area (Å²) in [6.45, 7) is 2.02. The van der Waals surface area contributed by atoms with Crippen molar-refractivity contribution in [2.24, 2.45) is 38.7 Å². The molecule has 0 heterocycles. The maximum absolute atomic E-state index is 13.4. The van der Waals surface area contributed by atoms with Crippen LogP contribution >= 0.6 is 0 Å². The number of hydrogen-bond acceptors (Lipinski definition) is 7. The van der Waals surface area contributed by atoms with E-state index in [1.807, 2.05) is 30.3 Å². The van der Waals surface area contributed by atoms with Gasteiger partial charge in [-0.3, -0.25) is 24.4 Å². The van der Waals surface area contributed by atoms with Crippen LogP contribution < -0.4 is 49.4 Å². The molecule has 0 aliphatic carbocycles. The Balaban J connectivity index is 2.25. The number of anilines is 1. The summed E-state index contributed by atoms with van der Waals surface area (Å²) in [6.07, 6.45) is 1.23. The first-order valence-corrected chi connectivity index (χ1v) is 12.9. The van der Waals surface area contributed by atoms with Crippen LogP contribution in [0.15, 0.2) is 46.4 Å². The van der Waals surface area contributed by atoms with Crippen molar-refractivity contribution in [3.8, 4) is 5.75 Å². The number of nitrogens with one attached hydrogen (secondary N) is 3. The number of ether oxygens (including phenoxy) is 1. The molecule has 0 bridgehead atoms. The molecule has 0 aromatic heterocycles. The molecule has 218 valence electrons. The summed E-state index contributed by atoms with van der Waals surface area (Å²) in [7, 11) is 1.55. The summed E-state index contributed by atoms with van der Waals surface area (Å²) >= 11 is 0. The third kappa shape index (κ3) is 10.3. The van der Waals surface area contributed by atoms with E-state index in [1.54, 1.807) is 13.2 Å². The van der Waals surface area contributed by atoms with Crippen molar-refractivity contribution in [1.82, 2.24) is 10.6 Å². The van der Waals surface area contributed by atoms with Gasteiger partial charge in [0.05, 0.1) is 13.2 Å². The predicted molar refractivity (Wildman–Crippen MR) is 156 cm³/mol. The van der Waals surface area contributed by atoms with Gasteiger partial charge in [0.2, 0.25) is 17.7 Å². The van der Waals surface area contributed by atoms with Crippen LogP contribution in [0.5, 0.6) is 5.75 Å². The highest BCUT2D eigenvalue weighted by Crippen LogP contribution is 2.29. The predicted octanol–water partition coefficient (Wildman–Crippen LogP) is -0.789. The number of guanidine groups is 2. The molecule has 0 saturated carbocycles. The molecule has 0 unspecified atom stereocenters. The maximum Gasteiger partial charge on any atom is 0.246 e. The molecule has 40 heavy (non-hydrogen) atoms. The van der Waals surface area contributed by atoms with Gasteiger partial charge < -0.3 is 49.4 Å². The molecule has 0 aliphatic rings. The first-order chi connectivity index (χ1) is 19.0. The minimum atomic E-state index is -0.971. The van der Waals surface area contributed by atoms with Gasteiger partial charge in [0.15, 0.2) is 11.9 Å². The SMILES string of the molecule is COc1cc(NC(=O)[C@H](CCCN=C(N)N)NC(=O)[C@H](CCCN=C(N)N)NC(=O)[C@H](C)N)cc2ccccc12. The average Bonchev–Trinajstić information content (AvgIpc) is 2.90. The summed E-state index contributed by atoms with van der Waals surface area (Å²) in [4.78, 5) is 46.8. The van der Waals surface area contributed by atoms with Crippen LogP contribution in [0, 0.1) is 0 Å². The Bertz CT molecular complexity index is 1220. The van der Waals surface area contributed by atoms with E-state index in [4.69, 9.17) is 33.4 Å². The fourth-order valence-electron chi connectivity index (χ4n) is 3.87. The van der Waals surface area contributed by atoms with Gasteiger partial charge in [-0.1, -0.05) is 24.3 Å². The lowest BCUT2D eigenvalue weighted by atomic mass is 10.1. The molecule has 0 aliphatic heterocycles. The second-order valence-electron chi connectivity index (χ2n) is 9.20. The highest BCUT2D eigenvalue weighted by atomic mass is 16.5. The molecule has 2 rings (SSSR count). The van der Waals surface area contributed by atoms with Crippen molar-refractivity contribution in [3.05, 3.63) is 36.4 Å². The Kier molecular flexibility index (Phi) is 12.4. The monoisotopic (exact) mass is 556 g/mol. The second-order valence-corrected chi connectivity index (χ2v) is 9.20. The number of methoxy groups -OCH3 is 1. The lowest BCUT2D eigenvalue weighted by Gasteiger charge is -2.24. The van der Waals surface area contributed by atoms with Gasteiger partial charge in [0.25, 0.3) is 0 Å². The second kappa shape index (κ2) is 15.7.